The van der Waals surface area contributed by atoms with Gasteiger partial charge >= 0.3 is 5.97 Å². The van der Waals surface area contributed by atoms with E-state index < -0.39 is 5.97 Å². The lowest BCUT2D eigenvalue weighted by molar-refractivity contribution is -0.137. The molecular formula is C21H19NO3S2. The maximum Gasteiger partial charge on any atom is 0.303 e. The molecule has 27 heavy (non-hydrogen) atoms. The molecule has 138 valence electrons. The Kier molecular flexibility index (Phi) is 6.21. The van der Waals surface area contributed by atoms with Crippen LogP contribution in [0.15, 0.2) is 60.7 Å². The highest BCUT2D eigenvalue weighted by atomic mass is 32.1. The van der Waals surface area contributed by atoms with Gasteiger partial charge in [0.1, 0.15) is 0 Å². The number of aromatic hydroxyl groups is 1. The van der Waals surface area contributed by atoms with E-state index in [4.69, 9.17) is 17.3 Å². The lowest BCUT2D eigenvalue weighted by atomic mass is 9.97. The number of nitrogens with zero attached hydrogens (tertiary/aromatic N) is 1. The third kappa shape index (κ3) is 4.72. The molecule has 4 nitrogen and oxygen atoms in total. The molecule has 0 saturated heterocycles. The van der Waals surface area contributed by atoms with Crippen LogP contribution in [0.3, 0.4) is 0 Å². The number of carbonyl (C=O) groups is 1. The largest absolute Gasteiger partial charge is 0.493 e. The molecule has 0 fully saturated rings. The molecule has 1 aromatic heterocycles. The van der Waals surface area contributed by atoms with Crippen LogP contribution in [0.4, 0.5) is 0 Å². The molecule has 1 heterocycles. The van der Waals surface area contributed by atoms with Crippen LogP contribution in [0.1, 0.15) is 28.8 Å². The van der Waals surface area contributed by atoms with Crippen LogP contribution in [0, 0.1) is 3.95 Å². The van der Waals surface area contributed by atoms with Gasteiger partial charge in [0.25, 0.3) is 0 Å². The Morgan fingerprint density at radius 2 is 1.59 bits per heavy atom. The van der Waals surface area contributed by atoms with E-state index >= 15 is 0 Å². The third-order valence-corrected chi connectivity index (χ3v) is 5.50. The van der Waals surface area contributed by atoms with Crippen LogP contribution in [-0.2, 0) is 11.3 Å². The van der Waals surface area contributed by atoms with Crippen LogP contribution < -0.4 is 0 Å². The second-order valence-corrected chi connectivity index (χ2v) is 7.67. The first-order valence-corrected chi connectivity index (χ1v) is 9.75. The zero-order chi connectivity index (χ0) is 19.2. The average Bonchev–Trinajstić information content (AvgIpc) is 2.94. The molecule has 0 saturated carbocycles. The Hall–Kier alpha value is -2.70. The number of hydrogen-bond acceptors (Lipinski definition) is 4. The number of aromatic nitrogens is 1. The summed E-state index contributed by atoms with van der Waals surface area (Å²) in [5.41, 5.74) is 3.07. The van der Waals surface area contributed by atoms with Gasteiger partial charge in [0.05, 0.1) is 4.88 Å². The fourth-order valence-corrected chi connectivity index (χ4v) is 4.10. The molecule has 0 aliphatic carbocycles. The molecule has 3 aromatic rings. The summed E-state index contributed by atoms with van der Waals surface area (Å²) in [6, 6.07) is 19.9. The van der Waals surface area contributed by atoms with Crippen molar-refractivity contribution >= 4 is 41.2 Å². The molecule has 6 heteroatoms. The van der Waals surface area contributed by atoms with Gasteiger partial charge in [-0.1, -0.05) is 60.7 Å². The van der Waals surface area contributed by atoms with Crippen molar-refractivity contribution in [1.29, 1.82) is 0 Å². The first-order valence-electron chi connectivity index (χ1n) is 8.53. The van der Waals surface area contributed by atoms with E-state index in [1.807, 2.05) is 66.7 Å². The second-order valence-electron chi connectivity index (χ2n) is 5.99. The SMILES string of the molecule is O=C(O)CCCn1c(O)c(C=C(c2ccccc2)c2ccccc2)sc1=S. The minimum Gasteiger partial charge on any atom is -0.493 e. The molecule has 2 N–H and O–H groups in total. The summed E-state index contributed by atoms with van der Waals surface area (Å²) in [7, 11) is 0. The summed E-state index contributed by atoms with van der Waals surface area (Å²) in [6.07, 6.45) is 2.40. The summed E-state index contributed by atoms with van der Waals surface area (Å²) in [5.74, 6) is -0.772. The predicted octanol–water partition coefficient (Wildman–Crippen LogP) is 5.44. The molecule has 0 aliphatic rings. The highest BCUT2D eigenvalue weighted by Gasteiger charge is 2.13. The number of rotatable bonds is 7. The minimum absolute atomic E-state index is 0.0432. The van der Waals surface area contributed by atoms with Gasteiger partial charge in [-0.15, -0.1) is 11.3 Å². The zero-order valence-electron chi connectivity index (χ0n) is 14.5. The molecule has 0 unspecified atom stereocenters. The lowest BCUT2D eigenvalue weighted by Gasteiger charge is -2.08. The quantitative estimate of drug-likeness (QED) is 0.521. The number of hydrogen-bond donors (Lipinski definition) is 2. The first-order chi connectivity index (χ1) is 13.1. The summed E-state index contributed by atoms with van der Waals surface area (Å²) in [5, 5.41) is 19.4. The number of benzene rings is 2. The van der Waals surface area contributed by atoms with Crippen molar-refractivity contribution < 1.29 is 15.0 Å². The van der Waals surface area contributed by atoms with E-state index in [2.05, 4.69) is 0 Å². The standard InChI is InChI=1S/C21H19NO3S2/c23-19(24)12-7-13-22-20(25)18(27-21(22)26)14-17(15-8-3-1-4-9-15)16-10-5-2-6-11-16/h1-6,8-11,14,25H,7,12-13H2,(H,23,24). The fourth-order valence-electron chi connectivity index (χ4n) is 2.79. The molecule has 3 rings (SSSR count). The van der Waals surface area contributed by atoms with Gasteiger partial charge < -0.3 is 10.2 Å². The van der Waals surface area contributed by atoms with Gasteiger partial charge in [0, 0.05) is 13.0 Å². The van der Waals surface area contributed by atoms with Crippen LogP contribution in [-0.4, -0.2) is 20.7 Å². The Balaban J connectivity index is 2.01. The number of aliphatic carboxylic acids is 1. The summed E-state index contributed by atoms with van der Waals surface area (Å²) in [6.45, 7) is 0.382. The minimum atomic E-state index is -0.855. The van der Waals surface area contributed by atoms with Gasteiger partial charge in [-0.3, -0.25) is 9.36 Å². The normalized spacial score (nSPS) is 10.5. The van der Waals surface area contributed by atoms with Gasteiger partial charge in [0.2, 0.25) is 5.88 Å². The van der Waals surface area contributed by atoms with E-state index in [9.17, 15) is 9.90 Å². The van der Waals surface area contributed by atoms with Crippen molar-refractivity contribution in [3.8, 4) is 5.88 Å². The van der Waals surface area contributed by atoms with Crippen LogP contribution in [0.25, 0.3) is 11.6 Å². The smallest absolute Gasteiger partial charge is 0.303 e. The molecular weight excluding hydrogens is 378 g/mol. The maximum atomic E-state index is 10.7. The van der Waals surface area contributed by atoms with Gasteiger partial charge in [-0.25, -0.2) is 0 Å². The Bertz CT molecular complexity index is 963. The number of carboxylic acids is 1. The van der Waals surface area contributed by atoms with E-state index in [0.29, 0.717) is 21.8 Å². The second kappa shape index (κ2) is 8.79. The van der Waals surface area contributed by atoms with Crippen molar-refractivity contribution in [2.45, 2.75) is 19.4 Å². The average molecular weight is 398 g/mol. The van der Waals surface area contributed by atoms with Crippen molar-refractivity contribution in [3.05, 3.63) is 80.6 Å². The Morgan fingerprint density at radius 1 is 1.04 bits per heavy atom. The zero-order valence-corrected chi connectivity index (χ0v) is 16.2. The monoisotopic (exact) mass is 397 g/mol. The number of thiazole rings is 1. The topological polar surface area (TPSA) is 62.5 Å². The first kappa shape index (κ1) is 19.1. The molecule has 0 atom stereocenters. The highest BCUT2D eigenvalue weighted by molar-refractivity contribution is 7.73. The maximum absolute atomic E-state index is 10.7. The molecule has 0 amide bonds. The van der Waals surface area contributed by atoms with Crippen LogP contribution in [0.5, 0.6) is 5.88 Å². The Morgan fingerprint density at radius 3 is 2.11 bits per heavy atom. The third-order valence-electron chi connectivity index (χ3n) is 4.11. The molecule has 0 bridgehead atoms. The van der Waals surface area contributed by atoms with E-state index in [1.54, 1.807) is 4.57 Å². The Labute approximate surface area is 166 Å². The molecule has 0 aliphatic heterocycles. The van der Waals surface area contributed by atoms with E-state index in [1.165, 1.54) is 11.3 Å². The molecule has 0 radical (unpaired) electrons. The summed E-state index contributed by atoms with van der Waals surface area (Å²) < 4.78 is 2.13. The summed E-state index contributed by atoms with van der Waals surface area (Å²) in [4.78, 5) is 11.4. The number of carboxylic acid groups (broad SMARTS) is 1. The molecule has 0 spiro atoms. The van der Waals surface area contributed by atoms with Crippen LogP contribution >= 0.6 is 23.6 Å². The lowest BCUT2D eigenvalue weighted by Crippen LogP contribution is -2.01. The summed E-state index contributed by atoms with van der Waals surface area (Å²) >= 11 is 6.69. The van der Waals surface area contributed by atoms with E-state index in [-0.39, 0.29) is 12.3 Å². The van der Waals surface area contributed by atoms with Crippen LogP contribution in [0.2, 0.25) is 0 Å². The van der Waals surface area contributed by atoms with Gasteiger partial charge in [0.15, 0.2) is 3.95 Å². The predicted molar refractivity (Wildman–Crippen MR) is 112 cm³/mol. The van der Waals surface area contributed by atoms with Crippen molar-refractivity contribution in [2.75, 3.05) is 0 Å². The van der Waals surface area contributed by atoms with Crippen molar-refractivity contribution in [2.24, 2.45) is 0 Å². The van der Waals surface area contributed by atoms with Crippen molar-refractivity contribution in [3.63, 3.8) is 0 Å². The van der Waals surface area contributed by atoms with E-state index in [0.717, 1.165) is 16.7 Å². The van der Waals surface area contributed by atoms with Crippen molar-refractivity contribution in [1.82, 2.24) is 4.57 Å². The fraction of sp³-hybridized carbons (Fsp3) is 0.143. The highest BCUT2D eigenvalue weighted by Crippen LogP contribution is 2.33. The van der Waals surface area contributed by atoms with Gasteiger partial charge in [-0.05, 0) is 41.4 Å². The van der Waals surface area contributed by atoms with Gasteiger partial charge in [-0.2, -0.15) is 0 Å². The molecule has 2 aromatic carbocycles.